The highest BCUT2D eigenvalue weighted by atomic mass is 35.5. The van der Waals surface area contributed by atoms with Gasteiger partial charge in [-0.2, -0.15) is 0 Å². The average molecular weight is 328 g/mol. The number of para-hydroxylation sites is 1. The summed E-state index contributed by atoms with van der Waals surface area (Å²) in [5, 5.41) is -0.0708. The van der Waals surface area contributed by atoms with Crippen LogP contribution in [0.1, 0.15) is 18.0 Å². The molecule has 0 unspecified atom stereocenters. The highest BCUT2D eigenvalue weighted by molar-refractivity contribution is 7.89. The maximum absolute atomic E-state index is 12.4. The number of hydrogen-bond donors (Lipinski definition) is 1. The van der Waals surface area contributed by atoms with E-state index in [-0.39, 0.29) is 16.2 Å². The van der Waals surface area contributed by atoms with Crippen LogP contribution in [0.25, 0.3) is 0 Å². The molecule has 3 rings (SSSR count). The first-order valence-corrected chi connectivity index (χ1v) is 8.26. The number of fused-ring (bicyclic) bond motifs is 1. The molecule has 1 aliphatic heterocycles. The van der Waals surface area contributed by atoms with Gasteiger partial charge >= 0.3 is 0 Å². The summed E-state index contributed by atoms with van der Waals surface area (Å²) in [4.78, 5) is 3.86. The van der Waals surface area contributed by atoms with Crippen LogP contribution in [0.15, 0.2) is 35.6 Å². The molecule has 8 heteroatoms. The molecule has 0 fully saturated rings. The average Bonchev–Trinajstić information content (AvgIpc) is 2.80. The summed E-state index contributed by atoms with van der Waals surface area (Å²) in [6.07, 6.45) is 1.93. The second-order valence-corrected chi connectivity index (χ2v) is 6.79. The molecule has 0 saturated carbocycles. The van der Waals surface area contributed by atoms with Gasteiger partial charge in [-0.1, -0.05) is 29.8 Å². The highest BCUT2D eigenvalue weighted by Crippen LogP contribution is 2.33. The van der Waals surface area contributed by atoms with Crippen molar-refractivity contribution in [2.24, 2.45) is 7.05 Å². The summed E-state index contributed by atoms with van der Waals surface area (Å²) in [6, 6.07) is 7.03. The first kappa shape index (κ1) is 14.4. The predicted molar refractivity (Wildman–Crippen MR) is 77.8 cm³/mol. The monoisotopic (exact) mass is 327 g/mol. The molecule has 1 aromatic carbocycles. The Morgan fingerprint density at radius 2 is 2.19 bits per heavy atom. The molecule has 0 amide bonds. The van der Waals surface area contributed by atoms with Gasteiger partial charge in [0.1, 0.15) is 10.9 Å². The lowest BCUT2D eigenvalue weighted by Gasteiger charge is -2.26. The molecular weight excluding hydrogens is 314 g/mol. The first-order chi connectivity index (χ1) is 9.99. The molecule has 0 radical (unpaired) electrons. The Bertz CT molecular complexity index is 773. The SMILES string of the molecule is Cn1cnc(S(=O)(=O)N[C@@H]2CCOc3ccccc32)c1Cl. The van der Waals surface area contributed by atoms with Crippen molar-refractivity contribution in [3.8, 4) is 5.75 Å². The Balaban J connectivity index is 1.92. The van der Waals surface area contributed by atoms with E-state index in [0.29, 0.717) is 18.8 Å². The molecule has 0 bridgehead atoms. The van der Waals surface area contributed by atoms with Gasteiger partial charge in [-0.05, 0) is 6.07 Å². The Morgan fingerprint density at radius 3 is 2.90 bits per heavy atom. The van der Waals surface area contributed by atoms with Crippen LogP contribution in [0.5, 0.6) is 5.75 Å². The second-order valence-electron chi connectivity index (χ2n) is 4.80. The van der Waals surface area contributed by atoms with Crippen LogP contribution in [-0.4, -0.2) is 24.6 Å². The fourth-order valence-electron chi connectivity index (χ4n) is 2.28. The molecule has 2 aromatic rings. The minimum absolute atomic E-state index is 0.0860. The van der Waals surface area contributed by atoms with Crippen molar-refractivity contribution in [1.29, 1.82) is 0 Å². The van der Waals surface area contributed by atoms with Crippen molar-refractivity contribution in [1.82, 2.24) is 14.3 Å². The van der Waals surface area contributed by atoms with Crippen LogP contribution in [0.4, 0.5) is 0 Å². The van der Waals surface area contributed by atoms with Gasteiger partial charge in [0.2, 0.25) is 5.03 Å². The maximum Gasteiger partial charge on any atom is 0.261 e. The lowest BCUT2D eigenvalue weighted by Crippen LogP contribution is -2.32. The van der Waals surface area contributed by atoms with Gasteiger partial charge in [0.15, 0.2) is 0 Å². The molecule has 0 aliphatic carbocycles. The fourth-order valence-corrected chi connectivity index (χ4v) is 3.96. The zero-order valence-electron chi connectivity index (χ0n) is 11.3. The number of rotatable bonds is 3. The molecule has 1 aromatic heterocycles. The Kier molecular flexibility index (Phi) is 3.64. The lowest BCUT2D eigenvalue weighted by molar-refractivity contribution is 0.263. The zero-order valence-corrected chi connectivity index (χ0v) is 12.9. The smallest absolute Gasteiger partial charge is 0.261 e. The number of nitrogens with one attached hydrogen (secondary N) is 1. The second kappa shape index (κ2) is 5.32. The number of ether oxygens (including phenoxy) is 1. The van der Waals surface area contributed by atoms with Crippen LogP contribution in [-0.2, 0) is 17.1 Å². The number of hydrogen-bond acceptors (Lipinski definition) is 4. The van der Waals surface area contributed by atoms with Crippen LogP contribution >= 0.6 is 11.6 Å². The summed E-state index contributed by atoms with van der Waals surface area (Å²) < 4.78 is 34.5. The normalized spacial score (nSPS) is 18.1. The maximum atomic E-state index is 12.4. The lowest BCUT2D eigenvalue weighted by atomic mass is 10.0. The number of sulfonamides is 1. The fraction of sp³-hybridized carbons (Fsp3) is 0.308. The van der Waals surface area contributed by atoms with E-state index in [1.165, 1.54) is 10.9 Å². The third kappa shape index (κ3) is 2.64. The zero-order chi connectivity index (χ0) is 15.0. The van der Waals surface area contributed by atoms with Gasteiger partial charge < -0.3 is 9.30 Å². The van der Waals surface area contributed by atoms with Crippen molar-refractivity contribution in [2.45, 2.75) is 17.5 Å². The third-order valence-corrected chi connectivity index (χ3v) is 5.31. The van der Waals surface area contributed by atoms with Gasteiger partial charge in [0.05, 0.1) is 19.0 Å². The molecule has 6 nitrogen and oxygen atoms in total. The van der Waals surface area contributed by atoms with Crippen LogP contribution < -0.4 is 9.46 Å². The third-order valence-electron chi connectivity index (χ3n) is 3.34. The first-order valence-electron chi connectivity index (χ1n) is 6.40. The number of imidazole rings is 1. The Morgan fingerprint density at radius 1 is 1.43 bits per heavy atom. The number of benzene rings is 1. The molecule has 21 heavy (non-hydrogen) atoms. The van der Waals surface area contributed by atoms with Gasteiger partial charge in [0, 0.05) is 19.0 Å². The largest absolute Gasteiger partial charge is 0.493 e. The Labute approximate surface area is 127 Å². The van der Waals surface area contributed by atoms with E-state index in [4.69, 9.17) is 16.3 Å². The summed E-state index contributed by atoms with van der Waals surface area (Å²) >= 11 is 5.97. The van der Waals surface area contributed by atoms with Crippen molar-refractivity contribution in [3.63, 3.8) is 0 Å². The minimum atomic E-state index is -3.78. The van der Waals surface area contributed by atoms with E-state index in [2.05, 4.69) is 9.71 Å². The van der Waals surface area contributed by atoms with E-state index in [9.17, 15) is 8.42 Å². The van der Waals surface area contributed by atoms with Gasteiger partial charge in [-0.15, -0.1) is 0 Å². The van der Waals surface area contributed by atoms with Crippen molar-refractivity contribution in [3.05, 3.63) is 41.3 Å². The van der Waals surface area contributed by atoms with E-state index in [0.717, 1.165) is 5.56 Å². The van der Waals surface area contributed by atoms with Crippen molar-refractivity contribution in [2.75, 3.05) is 6.61 Å². The number of nitrogens with zero attached hydrogens (tertiary/aromatic N) is 2. The van der Waals surface area contributed by atoms with Gasteiger partial charge in [-0.3, -0.25) is 0 Å². The standard InChI is InChI=1S/C13H14ClN3O3S/c1-17-8-15-13(12(17)14)21(18,19)16-10-6-7-20-11-5-3-2-4-9(10)11/h2-5,8,10,16H,6-7H2,1H3/t10-/m1/s1. The summed E-state index contributed by atoms with van der Waals surface area (Å²) in [5.74, 6) is 0.698. The highest BCUT2D eigenvalue weighted by Gasteiger charge is 2.29. The van der Waals surface area contributed by atoms with Crippen LogP contribution in [0, 0.1) is 0 Å². The summed E-state index contributed by atoms with van der Waals surface area (Å²) in [6.45, 7) is 0.458. The van der Waals surface area contributed by atoms with Gasteiger partial charge in [0.25, 0.3) is 10.0 Å². The molecule has 1 aliphatic rings. The van der Waals surface area contributed by atoms with E-state index in [1.807, 2.05) is 24.3 Å². The van der Waals surface area contributed by atoms with Crippen molar-refractivity contribution >= 4 is 21.6 Å². The molecule has 112 valence electrons. The minimum Gasteiger partial charge on any atom is -0.493 e. The molecule has 1 atom stereocenters. The Hall–Kier alpha value is -1.57. The van der Waals surface area contributed by atoms with E-state index < -0.39 is 10.0 Å². The molecule has 0 spiro atoms. The van der Waals surface area contributed by atoms with Crippen LogP contribution in [0.2, 0.25) is 5.15 Å². The molecule has 2 heterocycles. The number of halogens is 1. The molecular formula is C13H14ClN3O3S. The predicted octanol–water partition coefficient (Wildman–Crippen LogP) is 1.88. The van der Waals surface area contributed by atoms with Crippen molar-refractivity contribution < 1.29 is 13.2 Å². The molecule has 0 saturated heterocycles. The number of aryl methyl sites for hydroxylation is 1. The summed E-state index contributed by atoms with van der Waals surface area (Å²) in [7, 11) is -2.14. The topological polar surface area (TPSA) is 73.2 Å². The number of aromatic nitrogens is 2. The quantitative estimate of drug-likeness (QED) is 0.934. The van der Waals surface area contributed by atoms with E-state index >= 15 is 0 Å². The van der Waals surface area contributed by atoms with E-state index in [1.54, 1.807) is 7.05 Å². The van der Waals surface area contributed by atoms with Gasteiger partial charge in [-0.25, -0.2) is 18.1 Å². The molecule has 1 N–H and O–H groups in total. The van der Waals surface area contributed by atoms with Crippen LogP contribution in [0.3, 0.4) is 0 Å². The summed E-state index contributed by atoms with van der Waals surface area (Å²) in [5.41, 5.74) is 0.819.